The van der Waals surface area contributed by atoms with Crippen molar-refractivity contribution in [3.8, 4) is 17.2 Å². The monoisotopic (exact) mass is 280 g/mol. The van der Waals surface area contributed by atoms with Gasteiger partial charge in [-0.05, 0) is 30.8 Å². The summed E-state index contributed by atoms with van der Waals surface area (Å²) < 4.78 is 0. The summed E-state index contributed by atoms with van der Waals surface area (Å²) >= 11 is 0. The highest BCUT2D eigenvalue weighted by Gasteiger charge is 2.09. The quantitative estimate of drug-likeness (QED) is 0.788. The summed E-state index contributed by atoms with van der Waals surface area (Å²) in [4.78, 5) is 5.98. The Labute approximate surface area is 122 Å². The Kier molecular flexibility index (Phi) is 3.70. The van der Waals surface area contributed by atoms with Gasteiger partial charge in [0.05, 0.1) is 0 Å². The van der Waals surface area contributed by atoms with Gasteiger partial charge >= 0.3 is 0 Å². The zero-order valence-electron chi connectivity index (χ0n) is 12.0. The molecule has 0 spiro atoms. The number of aromatic nitrogens is 5. The lowest BCUT2D eigenvalue weighted by atomic mass is 10.2. The predicted octanol–water partition coefficient (Wildman–Crippen LogP) is 1.75. The van der Waals surface area contributed by atoms with Crippen molar-refractivity contribution in [1.82, 2.24) is 30.5 Å². The number of hydrogen-bond acceptors (Lipinski definition) is 5. The van der Waals surface area contributed by atoms with Crippen molar-refractivity contribution in [2.75, 3.05) is 7.05 Å². The van der Waals surface area contributed by atoms with Crippen molar-refractivity contribution in [1.29, 1.82) is 0 Å². The van der Waals surface area contributed by atoms with E-state index in [1.165, 1.54) is 4.80 Å². The van der Waals surface area contributed by atoms with Crippen LogP contribution in [0.1, 0.15) is 11.3 Å². The molecule has 0 atom stereocenters. The zero-order valence-corrected chi connectivity index (χ0v) is 12.0. The third kappa shape index (κ3) is 2.80. The first-order valence-corrected chi connectivity index (χ1v) is 6.75. The summed E-state index contributed by atoms with van der Waals surface area (Å²) in [5, 5.41) is 15.7. The number of nitrogens with one attached hydrogen (secondary N) is 1. The molecular weight excluding hydrogens is 264 g/mol. The minimum absolute atomic E-state index is 0.592. The van der Waals surface area contributed by atoms with Crippen LogP contribution >= 0.6 is 0 Å². The number of rotatable bonds is 4. The van der Waals surface area contributed by atoms with Crippen LogP contribution in [0.25, 0.3) is 17.2 Å². The van der Waals surface area contributed by atoms with Gasteiger partial charge in [-0.3, -0.25) is 0 Å². The Morgan fingerprint density at radius 1 is 1.10 bits per heavy atom. The summed E-state index contributed by atoms with van der Waals surface area (Å²) in [5.74, 6) is 1.26. The van der Waals surface area contributed by atoms with Gasteiger partial charge in [0.15, 0.2) is 5.82 Å². The van der Waals surface area contributed by atoms with Crippen LogP contribution in [0.2, 0.25) is 0 Å². The molecule has 2 aromatic heterocycles. The van der Waals surface area contributed by atoms with Gasteiger partial charge in [0.2, 0.25) is 5.82 Å². The Morgan fingerprint density at radius 3 is 2.62 bits per heavy atom. The van der Waals surface area contributed by atoms with Crippen molar-refractivity contribution >= 4 is 0 Å². The molecule has 0 unspecified atom stereocenters. The van der Waals surface area contributed by atoms with E-state index >= 15 is 0 Å². The molecule has 0 bridgehead atoms. The van der Waals surface area contributed by atoms with Gasteiger partial charge in [0, 0.05) is 17.8 Å². The number of nitrogens with zero attached hydrogens (tertiary/aromatic N) is 5. The number of pyridine rings is 1. The molecule has 0 saturated heterocycles. The topological polar surface area (TPSA) is 68.5 Å². The van der Waals surface area contributed by atoms with Crippen molar-refractivity contribution in [3.63, 3.8) is 0 Å². The van der Waals surface area contributed by atoms with E-state index in [4.69, 9.17) is 0 Å². The first-order chi connectivity index (χ1) is 10.3. The summed E-state index contributed by atoms with van der Waals surface area (Å²) in [6, 6.07) is 13.7. The maximum Gasteiger partial charge on any atom is 0.205 e. The molecule has 0 saturated carbocycles. The Hall–Kier alpha value is -2.60. The first-order valence-electron chi connectivity index (χ1n) is 6.75. The predicted molar refractivity (Wildman–Crippen MR) is 79.9 cm³/mol. The second-order valence-corrected chi connectivity index (χ2v) is 4.71. The van der Waals surface area contributed by atoms with E-state index in [1.807, 2.05) is 56.4 Å². The SMILES string of the molecule is CNCc1ccc(-n2nnc(-c3ccccc3)n2)nc1C. The van der Waals surface area contributed by atoms with Crippen LogP contribution in [-0.2, 0) is 6.54 Å². The maximum atomic E-state index is 4.53. The second-order valence-electron chi connectivity index (χ2n) is 4.71. The van der Waals surface area contributed by atoms with Crippen molar-refractivity contribution in [2.45, 2.75) is 13.5 Å². The largest absolute Gasteiger partial charge is 0.316 e. The molecule has 3 rings (SSSR count). The molecule has 0 aliphatic heterocycles. The van der Waals surface area contributed by atoms with Crippen LogP contribution in [0.15, 0.2) is 42.5 Å². The Balaban J connectivity index is 1.91. The van der Waals surface area contributed by atoms with Crippen molar-refractivity contribution in [2.24, 2.45) is 0 Å². The normalized spacial score (nSPS) is 10.8. The molecule has 6 nitrogen and oxygen atoms in total. The summed E-state index contributed by atoms with van der Waals surface area (Å²) in [6.45, 7) is 2.77. The molecule has 106 valence electrons. The van der Waals surface area contributed by atoms with Gasteiger partial charge in [-0.25, -0.2) is 4.98 Å². The molecule has 1 N–H and O–H groups in total. The lowest BCUT2D eigenvalue weighted by molar-refractivity contribution is 0.694. The maximum absolute atomic E-state index is 4.53. The van der Waals surface area contributed by atoms with Crippen LogP contribution < -0.4 is 5.32 Å². The van der Waals surface area contributed by atoms with Crippen LogP contribution in [0.3, 0.4) is 0 Å². The highest BCUT2D eigenvalue weighted by molar-refractivity contribution is 5.53. The Morgan fingerprint density at radius 2 is 1.90 bits per heavy atom. The standard InChI is InChI=1S/C15H16N6/c1-11-13(10-16-2)8-9-14(17-11)21-19-15(18-20-21)12-6-4-3-5-7-12/h3-9,16H,10H2,1-2H3. The lowest BCUT2D eigenvalue weighted by Crippen LogP contribution is -2.09. The average molecular weight is 280 g/mol. The van der Waals surface area contributed by atoms with E-state index in [1.54, 1.807) is 0 Å². The van der Waals surface area contributed by atoms with E-state index in [2.05, 4.69) is 25.7 Å². The highest BCUT2D eigenvalue weighted by Crippen LogP contribution is 2.14. The highest BCUT2D eigenvalue weighted by atomic mass is 15.6. The van der Waals surface area contributed by atoms with Gasteiger partial charge in [0.25, 0.3) is 0 Å². The molecule has 0 amide bonds. The molecule has 0 aliphatic carbocycles. The van der Waals surface area contributed by atoms with Gasteiger partial charge < -0.3 is 5.32 Å². The van der Waals surface area contributed by atoms with Crippen LogP contribution in [0, 0.1) is 6.92 Å². The minimum Gasteiger partial charge on any atom is -0.316 e. The number of aryl methyl sites for hydroxylation is 1. The summed E-state index contributed by atoms with van der Waals surface area (Å²) in [5.41, 5.74) is 3.05. The van der Waals surface area contributed by atoms with E-state index in [0.717, 1.165) is 23.4 Å². The zero-order chi connectivity index (χ0) is 14.7. The fourth-order valence-corrected chi connectivity index (χ4v) is 2.08. The molecule has 0 aliphatic rings. The summed E-state index contributed by atoms with van der Waals surface area (Å²) in [7, 11) is 1.92. The van der Waals surface area contributed by atoms with Crippen LogP contribution in [-0.4, -0.2) is 32.2 Å². The van der Waals surface area contributed by atoms with E-state index in [9.17, 15) is 0 Å². The first kappa shape index (κ1) is 13.4. The van der Waals surface area contributed by atoms with Gasteiger partial charge in [-0.2, -0.15) is 0 Å². The smallest absolute Gasteiger partial charge is 0.205 e. The van der Waals surface area contributed by atoms with E-state index in [-0.39, 0.29) is 0 Å². The fraction of sp³-hybridized carbons (Fsp3) is 0.200. The van der Waals surface area contributed by atoms with Gasteiger partial charge in [-0.15, -0.1) is 15.0 Å². The van der Waals surface area contributed by atoms with E-state index < -0.39 is 0 Å². The third-order valence-corrected chi connectivity index (χ3v) is 3.20. The van der Waals surface area contributed by atoms with Crippen molar-refractivity contribution < 1.29 is 0 Å². The number of hydrogen-bond donors (Lipinski definition) is 1. The van der Waals surface area contributed by atoms with E-state index in [0.29, 0.717) is 11.6 Å². The molecular formula is C15H16N6. The third-order valence-electron chi connectivity index (χ3n) is 3.20. The van der Waals surface area contributed by atoms with Crippen LogP contribution in [0.4, 0.5) is 0 Å². The minimum atomic E-state index is 0.592. The van der Waals surface area contributed by atoms with Crippen molar-refractivity contribution in [3.05, 3.63) is 53.7 Å². The molecule has 1 aromatic carbocycles. The Bertz CT molecular complexity index is 735. The molecule has 2 heterocycles. The molecule has 3 aromatic rings. The molecule has 0 radical (unpaired) electrons. The average Bonchev–Trinajstić information content (AvgIpc) is 3.00. The molecule has 21 heavy (non-hydrogen) atoms. The van der Waals surface area contributed by atoms with Gasteiger partial charge in [0.1, 0.15) is 0 Å². The van der Waals surface area contributed by atoms with Gasteiger partial charge in [-0.1, -0.05) is 36.4 Å². The lowest BCUT2D eigenvalue weighted by Gasteiger charge is -2.05. The molecule has 0 fully saturated rings. The fourth-order valence-electron chi connectivity index (χ4n) is 2.08. The molecule has 6 heteroatoms. The second kappa shape index (κ2) is 5.80. The number of benzene rings is 1. The number of tetrazole rings is 1. The van der Waals surface area contributed by atoms with Crippen LogP contribution in [0.5, 0.6) is 0 Å². The summed E-state index contributed by atoms with van der Waals surface area (Å²) in [6.07, 6.45) is 0.